The smallest absolute Gasteiger partial charge is 0.101 e. The second kappa shape index (κ2) is 6.05. The van der Waals surface area contributed by atoms with E-state index in [9.17, 15) is 0 Å². The zero-order valence-electron chi connectivity index (χ0n) is 9.03. The number of nitrogens with zero attached hydrogens (tertiary/aromatic N) is 1. The van der Waals surface area contributed by atoms with Crippen molar-refractivity contribution < 1.29 is 0 Å². The van der Waals surface area contributed by atoms with E-state index in [1.54, 1.807) is 0 Å². The van der Waals surface area contributed by atoms with E-state index in [0.717, 1.165) is 18.7 Å². The zero-order chi connectivity index (χ0) is 11.1. The predicted octanol–water partition coefficient (Wildman–Crippen LogP) is 1.96. The van der Waals surface area contributed by atoms with E-state index in [2.05, 4.69) is 18.3 Å². The van der Waals surface area contributed by atoms with Crippen LogP contribution in [0.4, 0.5) is 5.69 Å². The molecule has 1 unspecified atom stereocenters. The Morgan fingerprint density at radius 3 is 2.87 bits per heavy atom. The first-order valence-corrected chi connectivity index (χ1v) is 5.21. The van der Waals surface area contributed by atoms with Crippen molar-refractivity contribution in [2.45, 2.75) is 13.3 Å². The normalized spacial score (nSPS) is 11.8. The molecule has 0 radical (unpaired) electrons. The molecule has 3 N–H and O–H groups in total. The molecule has 0 fully saturated rings. The van der Waals surface area contributed by atoms with Gasteiger partial charge in [0.05, 0.1) is 11.3 Å². The third kappa shape index (κ3) is 3.61. The van der Waals surface area contributed by atoms with Crippen molar-refractivity contribution >= 4 is 5.69 Å². The Bertz CT molecular complexity index is 341. The Morgan fingerprint density at radius 1 is 1.47 bits per heavy atom. The van der Waals surface area contributed by atoms with Crippen LogP contribution in [0.5, 0.6) is 0 Å². The maximum absolute atomic E-state index is 8.88. The van der Waals surface area contributed by atoms with Crippen LogP contribution < -0.4 is 11.1 Å². The molecule has 15 heavy (non-hydrogen) atoms. The highest BCUT2D eigenvalue weighted by atomic mass is 14.9. The molecule has 0 amide bonds. The summed E-state index contributed by atoms with van der Waals surface area (Å²) in [6.45, 7) is 3.72. The van der Waals surface area contributed by atoms with Crippen molar-refractivity contribution in [3.05, 3.63) is 29.8 Å². The Labute approximate surface area is 90.9 Å². The predicted molar refractivity (Wildman–Crippen MR) is 62.5 cm³/mol. The van der Waals surface area contributed by atoms with Gasteiger partial charge in [-0.05, 0) is 31.0 Å². The van der Waals surface area contributed by atoms with Gasteiger partial charge in [-0.2, -0.15) is 5.26 Å². The molecular formula is C12H17N3. The molecule has 3 heteroatoms. The van der Waals surface area contributed by atoms with Crippen molar-refractivity contribution in [1.29, 1.82) is 5.26 Å². The van der Waals surface area contributed by atoms with E-state index in [-0.39, 0.29) is 0 Å². The third-order valence-electron chi connectivity index (χ3n) is 2.35. The van der Waals surface area contributed by atoms with E-state index >= 15 is 0 Å². The minimum absolute atomic E-state index is 0.529. The van der Waals surface area contributed by atoms with E-state index in [0.29, 0.717) is 18.0 Å². The summed E-state index contributed by atoms with van der Waals surface area (Å²) in [5.41, 5.74) is 7.07. The van der Waals surface area contributed by atoms with Gasteiger partial charge in [0.15, 0.2) is 0 Å². The second-order valence-electron chi connectivity index (χ2n) is 3.72. The fourth-order valence-electron chi connectivity index (χ4n) is 1.41. The molecule has 0 spiro atoms. The van der Waals surface area contributed by atoms with Gasteiger partial charge in [0, 0.05) is 6.54 Å². The average Bonchev–Trinajstić information content (AvgIpc) is 2.27. The van der Waals surface area contributed by atoms with E-state index < -0.39 is 0 Å². The molecule has 0 heterocycles. The molecule has 3 nitrogen and oxygen atoms in total. The number of benzene rings is 1. The van der Waals surface area contributed by atoms with Crippen LogP contribution in [0, 0.1) is 17.2 Å². The first-order valence-electron chi connectivity index (χ1n) is 5.21. The first-order chi connectivity index (χ1) is 7.27. The monoisotopic (exact) mass is 203 g/mol. The quantitative estimate of drug-likeness (QED) is 0.769. The molecular weight excluding hydrogens is 186 g/mol. The lowest BCUT2D eigenvalue weighted by molar-refractivity contribution is 0.568. The number of nitriles is 1. The van der Waals surface area contributed by atoms with Gasteiger partial charge in [0.25, 0.3) is 0 Å². The molecule has 80 valence electrons. The lowest BCUT2D eigenvalue weighted by atomic mass is 10.1. The topological polar surface area (TPSA) is 61.8 Å². The lowest BCUT2D eigenvalue weighted by Crippen LogP contribution is -2.15. The summed E-state index contributed by atoms with van der Waals surface area (Å²) in [7, 11) is 0. The number of rotatable bonds is 5. The number of nitrogens with two attached hydrogens (primary N) is 1. The molecule has 0 aliphatic carbocycles. The van der Waals surface area contributed by atoms with Crippen molar-refractivity contribution in [2.75, 3.05) is 18.4 Å². The molecule has 0 aliphatic heterocycles. The summed E-state index contributed by atoms with van der Waals surface area (Å²) in [4.78, 5) is 0. The van der Waals surface area contributed by atoms with E-state index in [1.807, 2.05) is 24.3 Å². The van der Waals surface area contributed by atoms with Crippen molar-refractivity contribution in [1.82, 2.24) is 0 Å². The van der Waals surface area contributed by atoms with Crippen LogP contribution in [0.2, 0.25) is 0 Å². The maximum Gasteiger partial charge on any atom is 0.101 e. The Kier molecular flexibility index (Phi) is 4.65. The summed E-state index contributed by atoms with van der Waals surface area (Å²) in [5, 5.41) is 12.1. The summed E-state index contributed by atoms with van der Waals surface area (Å²) in [6.07, 6.45) is 1.00. The number of hydrogen-bond acceptors (Lipinski definition) is 3. The van der Waals surface area contributed by atoms with Crippen LogP contribution in [-0.2, 0) is 0 Å². The SMILES string of the molecule is CC(CCN)CNc1ccccc1C#N. The van der Waals surface area contributed by atoms with Gasteiger partial charge in [0.1, 0.15) is 6.07 Å². The van der Waals surface area contributed by atoms with Crippen LogP contribution in [-0.4, -0.2) is 13.1 Å². The fraction of sp³-hybridized carbons (Fsp3) is 0.417. The Hall–Kier alpha value is -1.53. The Balaban J connectivity index is 2.54. The molecule has 1 atom stereocenters. The highest BCUT2D eigenvalue weighted by Gasteiger charge is 2.03. The second-order valence-corrected chi connectivity index (χ2v) is 3.72. The molecule has 0 aliphatic rings. The van der Waals surface area contributed by atoms with Crippen molar-refractivity contribution in [2.24, 2.45) is 11.7 Å². The minimum Gasteiger partial charge on any atom is -0.384 e. The van der Waals surface area contributed by atoms with Crippen LogP contribution in [0.3, 0.4) is 0 Å². The van der Waals surface area contributed by atoms with E-state index in [1.165, 1.54) is 0 Å². The highest BCUT2D eigenvalue weighted by molar-refractivity contribution is 5.57. The summed E-state index contributed by atoms with van der Waals surface area (Å²) >= 11 is 0. The molecule has 0 saturated carbocycles. The number of nitrogens with one attached hydrogen (secondary N) is 1. The molecule has 0 saturated heterocycles. The van der Waals surface area contributed by atoms with Crippen molar-refractivity contribution in [3.8, 4) is 6.07 Å². The van der Waals surface area contributed by atoms with Gasteiger partial charge in [-0.3, -0.25) is 0 Å². The number of para-hydroxylation sites is 1. The van der Waals surface area contributed by atoms with Gasteiger partial charge in [0.2, 0.25) is 0 Å². The number of anilines is 1. The zero-order valence-corrected chi connectivity index (χ0v) is 9.03. The van der Waals surface area contributed by atoms with Crippen LogP contribution in [0.1, 0.15) is 18.9 Å². The molecule has 1 rings (SSSR count). The molecule has 1 aromatic carbocycles. The van der Waals surface area contributed by atoms with E-state index in [4.69, 9.17) is 11.0 Å². The molecule has 0 bridgehead atoms. The van der Waals surface area contributed by atoms with Gasteiger partial charge in [-0.25, -0.2) is 0 Å². The number of hydrogen-bond donors (Lipinski definition) is 2. The summed E-state index contributed by atoms with van der Waals surface area (Å²) in [6, 6.07) is 9.70. The van der Waals surface area contributed by atoms with Crippen LogP contribution >= 0.6 is 0 Å². The maximum atomic E-state index is 8.88. The third-order valence-corrected chi connectivity index (χ3v) is 2.35. The minimum atomic E-state index is 0.529. The fourth-order valence-corrected chi connectivity index (χ4v) is 1.41. The largest absolute Gasteiger partial charge is 0.384 e. The summed E-state index contributed by atoms with van der Waals surface area (Å²) < 4.78 is 0. The van der Waals surface area contributed by atoms with Gasteiger partial charge in [-0.1, -0.05) is 19.1 Å². The van der Waals surface area contributed by atoms with Gasteiger partial charge in [-0.15, -0.1) is 0 Å². The van der Waals surface area contributed by atoms with Crippen molar-refractivity contribution in [3.63, 3.8) is 0 Å². The molecule has 0 aromatic heterocycles. The van der Waals surface area contributed by atoms with Crippen LogP contribution in [0.15, 0.2) is 24.3 Å². The first kappa shape index (κ1) is 11.5. The lowest BCUT2D eigenvalue weighted by Gasteiger charge is -2.13. The Morgan fingerprint density at radius 2 is 2.20 bits per heavy atom. The van der Waals surface area contributed by atoms with Gasteiger partial charge >= 0.3 is 0 Å². The standard InChI is InChI=1S/C12H17N3/c1-10(6-7-13)9-15-12-5-3-2-4-11(12)8-14/h2-5,10,15H,6-7,9,13H2,1H3. The van der Waals surface area contributed by atoms with Crippen LogP contribution in [0.25, 0.3) is 0 Å². The highest BCUT2D eigenvalue weighted by Crippen LogP contribution is 2.14. The average molecular weight is 203 g/mol. The molecule has 1 aromatic rings. The summed E-state index contributed by atoms with van der Waals surface area (Å²) in [5.74, 6) is 0.529. The van der Waals surface area contributed by atoms with Gasteiger partial charge < -0.3 is 11.1 Å².